The molecule has 9 nitrogen and oxygen atoms in total. The summed E-state index contributed by atoms with van der Waals surface area (Å²) in [7, 11) is 0. The van der Waals surface area contributed by atoms with Crippen molar-refractivity contribution in [2.24, 2.45) is 0 Å². The third-order valence-electron chi connectivity index (χ3n) is 5.46. The minimum absolute atomic E-state index is 0.200. The predicted molar refractivity (Wildman–Crippen MR) is 109 cm³/mol. The third-order valence-corrected chi connectivity index (χ3v) is 5.46. The van der Waals surface area contributed by atoms with Crippen LogP contribution in [0.4, 0.5) is 5.82 Å². The summed E-state index contributed by atoms with van der Waals surface area (Å²) in [5.74, 6) is 2.64. The Kier molecular flexibility index (Phi) is 5.77. The molecule has 2 aliphatic heterocycles. The summed E-state index contributed by atoms with van der Waals surface area (Å²) in [5.41, 5.74) is 2.02. The lowest BCUT2D eigenvalue weighted by molar-refractivity contribution is -0.136. The van der Waals surface area contributed by atoms with Gasteiger partial charge in [-0.3, -0.25) is 9.69 Å². The van der Waals surface area contributed by atoms with Crippen molar-refractivity contribution < 1.29 is 9.53 Å². The quantitative estimate of drug-likeness (QED) is 0.744. The molecule has 0 aromatic carbocycles. The van der Waals surface area contributed by atoms with Gasteiger partial charge in [-0.05, 0) is 26.8 Å². The molecule has 1 amide bonds. The summed E-state index contributed by atoms with van der Waals surface area (Å²) in [6, 6.07) is 4.04. The van der Waals surface area contributed by atoms with Crippen LogP contribution in [-0.2, 0) is 9.53 Å². The zero-order valence-corrected chi connectivity index (χ0v) is 17.5. The van der Waals surface area contributed by atoms with Crippen LogP contribution in [-0.4, -0.2) is 94.5 Å². The number of aryl methyl sites for hydroxylation is 3. The van der Waals surface area contributed by atoms with E-state index in [1.54, 1.807) is 0 Å². The van der Waals surface area contributed by atoms with E-state index in [1.165, 1.54) is 0 Å². The van der Waals surface area contributed by atoms with Crippen molar-refractivity contribution in [2.45, 2.75) is 20.8 Å². The van der Waals surface area contributed by atoms with Gasteiger partial charge < -0.3 is 14.5 Å². The Hall–Kier alpha value is -2.52. The first-order valence-electron chi connectivity index (χ1n) is 10.2. The van der Waals surface area contributed by atoms with E-state index in [-0.39, 0.29) is 5.91 Å². The molecule has 4 heterocycles. The number of hydrogen-bond acceptors (Lipinski definition) is 7. The maximum atomic E-state index is 12.5. The van der Waals surface area contributed by atoms with Gasteiger partial charge >= 0.3 is 0 Å². The van der Waals surface area contributed by atoms with Crippen LogP contribution in [0.5, 0.6) is 0 Å². The molecule has 0 aliphatic carbocycles. The molecule has 0 unspecified atom stereocenters. The number of amides is 1. The van der Waals surface area contributed by atoms with Crippen molar-refractivity contribution in [1.82, 2.24) is 29.5 Å². The molecule has 0 saturated carbocycles. The normalized spacial score (nSPS) is 18.3. The average molecular weight is 399 g/mol. The van der Waals surface area contributed by atoms with E-state index in [2.05, 4.69) is 24.9 Å². The lowest BCUT2D eigenvalue weighted by Crippen LogP contribution is -2.51. The number of hydrogen-bond donors (Lipinski definition) is 0. The number of aromatic nitrogens is 4. The van der Waals surface area contributed by atoms with Gasteiger partial charge in [0, 0.05) is 51.0 Å². The zero-order valence-electron chi connectivity index (χ0n) is 17.5. The van der Waals surface area contributed by atoms with Gasteiger partial charge in [0.25, 0.3) is 0 Å². The Morgan fingerprint density at radius 3 is 2.31 bits per heavy atom. The lowest BCUT2D eigenvalue weighted by atomic mass is 10.3. The van der Waals surface area contributed by atoms with Gasteiger partial charge in [-0.1, -0.05) is 0 Å². The van der Waals surface area contributed by atoms with Crippen molar-refractivity contribution in [3.8, 4) is 5.82 Å². The van der Waals surface area contributed by atoms with Crippen LogP contribution >= 0.6 is 0 Å². The second kappa shape index (κ2) is 8.46. The van der Waals surface area contributed by atoms with Gasteiger partial charge in [0.2, 0.25) is 5.91 Å². The van der Waals surface area contributed by atoms with E-state index < -0.39 is 0 Å². The monoisotopic (exact) mass is 399 g/mol. The summed E-state index contributed by atoms with van der Waals surface area (Å²) in [6.45, 7) is 12.5. The first kappa shape index (κ1) is 19.8. The highest BCUT2D eigenvalue weighted by molar-refractivity contribution is 5.78. The smallest absolute Gasteiger partial charge is 0.236 e. The van der Waals surface area contributed by atoms with Crippen LogP contribution in [0.25, 0.3) is 5.82 Å². The molecule has 2 aliphatic rings. The molecule has 2 aromatic heterocycles. The topological polar surface area (TPSA) is 79.6 Å². The first-order valence-corrected chi connectivity index (χ1v) is 10.2. The SMILES string of the molecule is Cc1cc(C)n(-c2cc(N3CCN(CC(=O)N4CCOCC4)CC3)nc(C)n2)n1. The molecule has 0 bridgehead atoms. The van der Waals surface area contributed by atoms with E-state index in [0.717, 1.165) is 55.0 Å². The van der Waals surface area contributed by atoms with E-state index in [4.69, 9.17) is 4.74 Å². The summed E-state index contributed by atoms with van der Waals surface area (Å²) < 4.78 is 7.20. The Balaban J connectivity index is 1.39. The minimum atomic E-state index is 0.200. The van der Waals surface area contributed by atoms with Crippen LogP contribution in [0.1, 0.15) is 17.2 Å². The van der Waals surface area contributed by atoms with Crippen molar-refractivity contribution >= 4 is 11.7 Å². The van der Waals surface area contributed by atoms with Gasteiger partial charge in [-0.15, -0.1) is 0 Å². The maximum Gasteiger partial charge on any atom is 0.236 e. The summed E-state index contributed by atoms with van der Waals surface area (Å²) in [6.07, 6.45) is 0. The molecule has 0 N–H and O–H groups in total. The molecule has 2 aromatic rings. The Labute approximate surface area is 171 Å². The second-order valence-electron chi connectivity index (χ2n) is 7.73. The Bertz CT molecular complexity index is 868. The van der Waals surface area contributed by atoms with Gasteiger partial charge in [-0.25, -0.2) is 14.6 Å². The molecular weight excluding hydrogens is 370 g/mol. The number of anilines is 1. The van der Waals surface area contributed by atoms with Gasteiger partial charge in [-0.2, -0.15) is 5.10 Å². The number of nitrogens with zero attached hydrogens (tertiary/aromatic N) is 7. The van der Waals surface area contributed by atoms with Crippen molar-refractivity contribution in [3.05, 3.63) is 29.3 Å². The Morgan fingerprint density at radius 1 is 0.966 bits per heavy atom. The number of rotatable bonds is 4. The largest absolute Gasteiger partial charge is 0.378 e. The van der Waals surface area contributed by atoms with Crippen molar-refractivity contribution in [1.29, 1.82) is 0 Å². The molecule has 0 radical (unpaired) electrons. The number of ether oxygens (including phenoxy) is 1. The van der Waals surface area contributed by atoms with Crippen LogP contribution < -0.4 is 4.90 Å². The number of piperazine rings is 1. The second-order valence-corrected chi connectivity index (χ2v) is 7.73. The number of morpholine rings is 1. The molecule has 2 saturated heterocycles. The molecular formula is C20H29N7O2. The van der Waals surface area contributed by atoms with E-state index in [1.807, 2.05) is 42.5 Å². The molecule has 156 valence electrons. The van der Waals surface area contributed by atoms with Gasteiger partial charge in [0.1, 0.15) is 11.6 Å². The van der Waals surface area contributed by atoms with Crippen molar-refractivity contribution in [3.63, 3.8) is 0 Å². The summed E-state index contributed by atoms with van der Waals surface area (Å²) >= 11 is 0. The fraction of sp³-hybridized carbons (Fsp3) is 0.600. The molecule has 2 fully saturated rings. The maximum absolute atomic E-state index is 12.5. The van der Waals surface area contributed by atoms with Crippen LogP contribution in [0, 0.1) is 20.8 Å². The molecule has 9 heteroatoms. The first-order chi connectivity index (χ1) is 14.0. The fourth-order valence-electron chi connectivity index (χ4n) is 3.91. The van der Waals surface area contributed by atoms with Crippen molar-refractivity contribution in [2.75, 3.05) is 63.9 Å². The highest BCUT2D eigenvalue weighted by atomic mass is 16.5. The zero-order chi connectivity index (χ0) is 20.4. The molecule has 0 spiro atoms. The van der Waals surface area contributed by atoms with E-state index in [9.17, 15) is 4.79 Å². The number of carbonyl (C=O) groups is 1. The summed E-state index contributed by atoms with van der Waals surface area (Å²) in [4.78, 5) is 28.1. The molecule has 0 atom stereocenters. The van der Waals surface area contributed by atoms with Gasteiger partial charge in [0.05, 0.1) is 25.5 Å². The van der Waals surface area contributed by atoms with Crippen LogP contribution in [0.3, 0.4) is 0 Å². The standard InChI is InChI=1S/C20H29N7O2/c1-15-12-16(2)27(23-15)19-13-18(21-17(3)22-19)25-6-4-24(5-7-25)14-20(28)26-8-10-29-11-9-26/h12-13H,4-11,14H2,1-3H3. The lowest BCUT2D eigenvalue weighted by Gasteiger charge is -2.36. The molecule has 4 rings (SSSR count). The van der Waals surface area contributed by atoms with Gasteiger partial charge in [0.15, 0.2) is 5.82 Å². The summed E-state index contributed by atoms with van der Waals surface area (Å²) in [5, 5.41) is 4.55. The van der Waals surface area contributed by atoms with Crippen LogP contribution in [0.2, 0.25) is 0 Å². The predicted octanol–water partition coefficient (Wildman–Crippen LogP) is 0.568. The highest BCUT2D eigenvalue weighted by Gasteiger charge is 2.24. The fourth-order valence-corrected chi connectivity index (χ4v) is 3.91. The van der Waals surface area contributed by atoms with Crippen LogP contribution in [0.15, 0.2) is 12.1 Å². The minimum Gasteiger partial charge on any atom is -0.378 e. The Morgan fingerprint density at radius 2 is 1.66 bits per heavy atom. The average Bonchev–Trinajstić information content (AvgIpc) is 3.07. The number of carbonyl (C=O) groups excluding carboxylic acids is 1. The van der Waals surface area contributed by atoms with E-state index >= 15 is 0 Å². The third kappa shape index (κ3) is 4.56. The highest BCUT2D eigenvalue weighted by Crippen LogP contribution is 2.19. The van der Waals surface area contributed by atoms with E-state index in [0.29, 0.717) is 32.8 Å². The molecule has 29 heavy (non-hydrogen) atoms.